The average Bonchev–Trinajstić information content (AvgIpc) is 2.47. The van der Waals surface area contributed by atoms with Gasteiger partial charge in [0.1, 0.15) is 0 Å². The highest BCUT2D eigenvalue weighted by atomic mass is 35.5. The molecule has 0 aliphatic carbocycles. The van der Waals surface area contributed by atoms with E-state index in [1.54, 1.807) is 0 Å². The van der Waals surface area contributed by atoms with E-state index >= 15 is 0 Å². The summed E-state index contributed by atoms with van der Waals surface area (Å²) in [6, 6.07) is 8.27. The minimum absolute atomic E-state index is 0.0504. The van der Waals surface area contributed by atoms with E-state index in [1.165, 1.54) is 37.9 Å². The number of hydrazine groups is 1. The van der Waals surface area contributed by atoms with E-state index < -0.39 is 0 Å². The van der Waals surface area contributed by atoms with Gasteiger partial charge in [0.15, 0.2) is 0 Å². The van der Waals surface area contributed by atoms with E-state index in [1.807, 2.05) is 12.1 Å². The van der Waals surface area contributed by atoms with Crippen molar-refractivity contribution in [3.05, 3.63) is 34.9 Å². The quantitative estimate of drug-likeness (QED) is 0.648. The van der Waals surface area contributed by atoms with Crippen LogP contribution in [0, 0.1) is 0 Å². The van der Waals surface area contributed by atoms with Crippen molar-refractivity contribution >= 4 is 11.6 Å². The molecule has 0 amide bonds. The van der Waals surface area contributed by atoms with Crippen LogP contribution in [0.5, 0.6) is 0 Å². The van der Waals surface area contributed by atoms with Crippen molar-refractivity contribution in [1.29, 1.82) is 0 Å². The highest BCUT2D eigenvalue weighted by Crippen LogP contribution is 2.26. The van der Waals surface area contributed by atoms with E-state index in [4.69, 9.17) is 17.4 Å². The zero-order valence-electron chi connectivity index (χ0n) is 12.5. The first-order chi connectivity index (χ1) is 9.54. The summed E-state index contributed by atoms with van der Waals surface area (Å²) < 4.78 is 0. The molecular weight excluding hydrogens is 270 g/mol. The normalized spacial score (nSPS) is 19.0. The number of halogens is 1. The molecule has 0 saturated carbocycles. The van der Waals surface area contributed by atoms with Crippen LogP contribution in [0.1, 0.15) is 38.7 Å². The van der Waals surface area contributed by atoms with Crippen LogP contribution < -0.4 is 11.3 Å². The molecule has 0 spiro atoms. The van der Waals surface area contributed by atoms with Crippen molar-refractivity contribution in [1.82, 2.24) is 10.3 Å². The number of rotatable bonds is 5. The molecule has 1 aromatic rings. The maximum Gasteiger partial charge on any atom is 0.0429 e. The summed E-state index contributed by atoms with van der Waals surface area (Å²) in [6.07, 6.45) is 4.85. The highest BCUT2D eigenvalue weighted by molar-refractivity contribution is 6.30. The van der Waals surface area contributed by atoms with Crippen LogP contribution >= 0.6 is 11.6 Å². The van der Waals surface area contributed by atoms with Crippen molar-refractivity contribution in [3.8, 4) is 0 Å². The minimum Gasteiger partial charge on any atom is -0.297 e. The van der Waals surface area contributed by atoms with Gasteiger partial charge in [-0.15, -0.1) is 0 Å². The SMILES string of the molecule is CC(C)(C(Cc1ccc(Cl)cc1)NN)N1CCCCC1. The van der Waals surface area contributed by atoms with Crippen LogP contribution in [0.15, 0.2) is 24.3 Å². The van der Waals surface area contributed by atoms with Crippen molar-refractivity contribution in [2.75, 3.05) is 13.1 Å². The second-order valence-corrected chi connectivity index (χ2v) is 6.69. The van der Waals surface area contributed by atoms with Crippen LogP contribution in [0.3, 0.4) is 0 Å². The summed E-state index contributed by atoms with van der Waals surface area (Å²) >= 11 is 5.95. The van der Waals surface area contributed by atoms with Gasteiger partial charge in [0, 0.05) is 16.6 Å². The first kappa shape index (κ1) is 15.8. The maximum atomic E-state index is 5.95. The smallest absolute Gasteiger partial charge is 0.0429 e. The maximum absolute atomic E-state index is 5.95. The molecule has 1 fully saturated rings. The second kappa shape index (κ2) is 6.90. The molecule has 1 aromatic carbocycles. The molecular formula is C16H26ClN3. The first-order valence-electron chi connectivity index (χ1n) is 7.49. The van der Waals surface area contributed by atoms with E-state index in [0.717, 1.165) is 11.4 Å². The molecule has 1 atom stereocenters. The van der Waals surface area contributed by atoms with Gasteiger partial charge in [0.2, 0.25) is 0 Å². The molecule has 112 valence electrons. The summed E-state index contributed by atoms with van der Waals surface area (Å²) in [6.45, 7) is 6.93. The summed E-state index contributed by atoms with van der Waals surface area (Å²) in [4.78, 5) is 2.57. The third-order valence-electron chi connectivity index (χ3n) is 4.58. The number of nitrogens with one attached hydrogen (secondary N) is 1. The molecule has 2 rings (SSSR count). The topological polar surface area (TPSA) is 41.3 Å². The third kappa shape index (κ3) is 3.73. The molecule has 20 heavy (non-hydrogen) atoms. The number of hydrogen-bond acceptors (Lipinski definition) is 3. The van der Waals surface area contributed by atoms with Gasteiger partial charge in [0.05, 0.1) is 0 Å². The lowest BCUT2D eigenvalue weighted by Crippen LogP contribution is -2.61. The van der Waals surface area contributed by atoms with Crippen molar-refractivity contribution in [2.45, 2.75) is 51.1 Å². The van der Waals surface area contributed by atoms with E-state index in [0.29, 0.717) is 0 Å². The first-order valence-corrected chi connectivity index (χ1v) is 7.87. The lowest BCUT2D eigenvalue weighted by Gasteiger charge is -2.45. The summed E-state index contributed by atoms with van der Waals surface area (Å²) in [5.74, 6) is 5.84. The van der Waals surface area contributed by atoms with Crippen LogP contribution in [-0.2, 0) is 6.42 Å². The van der Waals surface area contributed by atoms with E-state index in [2.05, 4.69) is 36.3 Å². The molecule has 3 N–H and O–H groups in total. The van der Waals surface area contributed by atoms with E-state index in [-0.39, 0.29) is 11.6 Å². The van der Waals surface area contributed by atoms with Crippen LogP contribution in [0.25, 0.3) is 0 Å². The molecule has 1 heterocycles. The Hall–Kier alpha value is -0.610. The predicted octanol–water partition coefficient (Wildman–Crippen LogP) is 2.98. The lowest BCUT2D eigenvalue weighted by atomic mass is 9.86. The van der Waals surface area contributed by atoms with E-state index in [9.17, 15) is 0 Å². The molecule has 0 radical (unpaired) electrons. The summed E-state index contributed by atoms with van der Waals surface area (Å²) in [7, 11) is 0. The van der Waals surface area contributed by atoms with Gasteiger partial charge in [-0.2, -0.15) is 0 Å². The number of nitrogens with zero attached hydrogens (tertiary/aromatic N) is 1. The molecule has 0 aromatic heterocycles. The second-order valence-electron chi connectivity index (χ2n) is 6.25. The summed E-state index contributed by atoms with van der Waals surface area (Å²) in [5, 5.41) is 0.779. The number of likely N-dealkylation sites (tertiary alicyclic amines) is 1. The Morgan fingerprint density at radius 3 is 2.35 bits per heavy atom. The zero-order chi connectivity index (χ0) is 14.6. The Labute approximate surface area is 127 Å². The monoisotopic (exact) mass is 295 g/mol. The molecule has 1 aliphatic rings. The fourth-order valence-corrected chi connectivity index (χ4v) is 3.19. The third-order valence-corrected chi connectivity index (χ3v) is 4.83. The van der Waals surface area contributed by atoms with Gasteiger partial charge in [-0.1, -0.05) is 30.2 Å². The fraction of sp³-hybridized carbons (Fsp3) is 0.625. The Balaban J connectivity index is 2.07. The Morgan fingerprint density at radius 2 is 1.80 bits per heavy atom. The van der Waals surface area contributed by atoms with Gasteiger partial charge >= 0.3 is 0 Å². The average molecular weight is 296 g/mol. The Kier molecular flexibility index (Phi) is 5.44. The predicted molar refractivity (Wildman–Crippen MR) is 85.8 cm³/mol. The standard InChI is InChI=1S/C16H26ClN3/c1-16(2,20-10-4-3-5-11-20)15(19-18)12-13-6-8-14(17)9-7-13/h6-9,15,19H,3-5,10-12,18H2,1-2H3. The highest BCUT2D eigenvalue weighted by Gasteiger charge is 2.35. The van der Waals surface area contributed by atoms with Gasteiger partial charge in [0.25, 0.3) is 0 Å². The lowest BCUT2D eigenvalue weighted by molar-refractivity contribution is 0.0611. The molecule has 1 saturated heterocycles. The van der Waals surface area contributed by atoms with Gasteiger partial charge in [-0.25, -0.2) is 0 Å². The molecule has 1 aliphatic heterocycles. The van der Waals surface area contributed by atoms with Crippen LogP contribution in [0.2, 0.25) is 5.02 Å². The number of piperidine rings is 1. The molecule has 4 heteroatoms. The molecule has 0 bridgehead atoms. The van der Waals surface area contributed by atoms with Gasteiger partial charge in [-0.3, -0.25) is 16.2 Å². The Morgan fingerprint density at radius 1 is 1.20 bits per heavy atom. The number of benzene rings is 1. The summed E-state index contributed by atoms with van der Waals surface area (Å²) in [5.41, 5.74) is 4.34. The van der Waals surface area contributed by atoms with Crippen LogP contribution in [-0.4, -0.2) is 29.6 Å². The van der Waals surface area contributed by atoms with Crippen molar-refractivity contribution < 1.29 is 0 Å². The minimum atomic E-state index is 0.0504. The van der Waals surface area contributed by atoms with Crippen molar-refractivity contribution in [3.63, 3.8) is 0 Å². The van der Waals surface area contributed by atoms with Crippen molar-refractivity contribution in [2.24, 2.45) is 5.84 Å². The fourth-order valence-electron chi connectivity index (χ4n) is 3.06. The van der Waals surface area contributed by atoms with Gasteiger partial charge in [-0.05, 0) is 63.9 Å². The Bertz CT molecular complexity index is 410. The van der Waals surface area contributed by atoms with Crippen LogP contribution in [0.4, 0.5) is 0 Å². The molecule has 3 nitrogen and oxygen atoms in total. The number of hydrogen-bond donors (Lipinski definition) is 2. The molecule has 1 unspecified atom stereocenters. The largest absolute Gasteiger partial charge is 0.297 e. The number of nitrogens with two attached hydrogens (primary N) is 1. The van der Waals surface area contributed by atoms with Gasteiger partial charge < -0.3 is 0 Å². The zero-order valence-corrected chi connectivity index (χ0v) is 13.3.